The molecule has 10 heteroatoms. The quantitative estimate of drug-likeness (QED) is 0.118. The molecule has 8 rings (SSSR count). The van der Waals surface area contributed by atoms with Crippen LogP contribution in [0.3, 0.4) is 0 Å². The van der Waals surface area contributed by atoms with Crippen molar-refractivity contribution in [1.29, 1.82) is 0 Å². The van der Waals surface area contributed by atoms with E-state index < -0.39 is 65.4 Å². The predicted octanol–water partition coefficient (Wildman–Crippen LogP) is 6.83. The molecule has 3 heterocycles. The summed E-state index contributed by atoms with van der Waals surface area (Å²) in [5.41, 5.74) is 1.82. The van der Waals surface area contributed by atoms with E-state index in [1.807, 2.05) is 103 Å². The molecule has 2 saturated heterocycles. The number of carbonyl (C=O) groups is 4. The van der Waals surface area contributed by atoms with Crippen LogP contribution >= 0.6 is 0 Å². The number of carbonyl (C=O) groups excluding carboxylic acids is 4. The highest BCUT2D eigenvalue weighted by Crippen LogP contribution is 2.65. The molecule has 0 saturated carbocycles. The summed E-state index contributed by atoms with van der Waals surface area (Å²) in [6.45, 7) is 5.68. The first-order chi connectivity index (χ1) is 26.8. The van der Waals surface area contributed by atoms with Crippen molar-refractivity contribution in [3.8, 4) is 5.75 Å². The molecule has 2 fully saturated rings. The van der Waals surface area contributed by atoms with Crippen LogP contribution in [0.1, 0.15) is 59.0 Å². The summed E-state index contributed by atoms with van der Waals surface area (Å²) in [5, 5.41) is 16.4. The SMILES string of the molecule is C=CCNC(=O)C1C2C(=O)OC(c3ccccc3)C(c3ccccc3)N2C(c2ccc(O)cc2)C12C(=O)N(C(=O)NC(C)c1ccccc1)c1ccccc12. The Hall–Kier alpha value is -6.52. The van der Waals surface area contributed by atoms with Crippen LogP contribution in [0.15, 0.2) is 152 Å². The van der Waals surface area contributed by atoms with Gasteiger partial charge in [0.05, 0.1) is 29.7 Å². The maximum absolute atomic E-state index is 15.9. The summed E-state index contributed by atoms with van der Waals surface area (Å²) in [4.78, 5) is 63.2. The summed E-state index contributed by atoms with van der Waals surface area (Å²) in [7, 11) is 0. The third-order valence-electron chi connectivity index (χ3n) is 11.1. The number of hydrogen-bond acceptors (Lipinski definition) is 7. The molecular formula is C45H40N4O6. The number of anilines is 1. The van der Waals surface area contributed by atoms with E-state index in [-0.39, 0.29) is 12.3 Å². The molecule has 10 nitrogen and oxygen atoms in total. The zero-order chi connectivity index (χ0) is 38.3. The number of phenolic OH excluding ortho intramolecular Hbond substituents is 1. The maximum atomic E-state index is 15.9. The van der Waals surface area contributed by atoms with Crippen LogP contribution in [-0.2, 0) is 24.5 Å². The van der Waals surface area contributed by atoms with Gasteiger partial charge in [0.25, 0.3) is 0 Å². The van der Waals surface area contributed by atoms with Crippen LogP contribution < -0.4 is 15.5 Å². The summed E-state index contributed by atoms with van der Waals surface area (Å²) in [6, 6.07) is 37.7. The number of imide groups is 1. The number of nitrogens with one attached hydrogen (secondary N) is 2. The second-order valence-corrected chi connectivity index (χ2v) is 14.1. The molecule has 1 spiro atoms. The van der Waals surface area contributed by atoms with Crippen LogP contribution in [0.2, 0.25) is 0 Å². The van der Waals surface area contributed by atoms with E-state index in [0.717, 1.165) is 21.6 Å². The van der Waals surface area contributed by atoms with Crippen molar-refractivity contribution >= 4 is 29.5 Å². The molecule has 3 N–H and O–H groups in total. The number of phenols is 1. The monoisotopic (exact) mass is 732 g/mol. The highest BCUT2D eigenvalue weighted by atomic mass is 16.6. The molecule has 0 aliphatic carbocycles. The van der Waals surface area contributed by atoms with Gasteiger partial charge in [-0.05, 0) is 52.9 Å². The fourth-order valence-corrected chi connectivity index (χ4v) is 8.88. The summed E-state index contributed by atoms with van der Waals surface area (Å²) < 4.78 is 6.42. The lowest BCUT2D eigenvalue weighted by atomic mass is 9.65. The number of cyclic esters (lactones) is 1. The van der Waals surface area contributed by atoms with E-state index in [1.54, 1.807) is 36.4 Å². The zero-order valence-electron chi connectivity index (χ0n) is 30.1. The molecule has 276 valence electrons. The third kappa shape index (κ3) is 5.77. The Morgan fingerprint density at radius 2 is 1.40 bits per heavy atom. The Bertz CT molecular complexity index is 2250. The average Bonchev–Trinajstić information content (AvgIpc) is 3.67. The summed E-state index contributed by atoms with van der Waals surface area (Å²) in [5.74, 6) is -3.28. The third-order valence-corrected chi connectivity index (χ3v) is 11.1. The van der Waals surface area contributed by atoms with Crippen molar-refractivity contribution < 1.29 is 29.0 Å². The van der Waals surface area contributed by atoms with Gasteiger partial charge < -0.3 is 20.5 Å². The fraction of sp³-hybridized carbons (Fsp3) is 0.200. The molecule has 4 amide bonds. The number of morpholine rings is 1. The number of nitrogens with zero attached hydrogens (tertiary/aromatic N) is 2. The Morgan fingerprint density at radius 1 is 0.800 bits per heavy atom. The molecule has 3 aliphatic rings. The van der Waals surface area contributed by atoms with Crippen LogP contribution in [-0.4, -0.2) is 46.4 Å². The van der Waals surface area contributed by atoms with Gasteiger partial charge in [-0.3, -0.25) is 19.3 Å². The minimum atomic E-state index is -1.84. The number of hydrogen-bond donors (Lipinski definition) is 3. The largest absolute Gasteiger partial charge is 0.508 e. The normalized spacial score (nSPS) is 24.7. The lowest BCUT2D eigenvalue weighted by Gasteiger charge is -2.46. The minimum Gasteiger partial charge on any atom is -0.508 e. The number of aromatic hydroxyl groups is 1. The molecule has 5 aromatic rings. The second kappa shape index (κ2) is 14.4. The van der Waals surface area contributed by atoms with E-state index in [0.29, 0.717) is 16.8 Å². The van der Waals surface area contributed by atoms with Crippen molar-refractivity contribution in [1.82, 2.24) is 15.5 Å². The molecule has 55 heavy (non-hydrogen) atoms. The predicted molar refractivity (Wildman–Crippen MR) is 207 cm³/mol. The zero-order valence-corrected chi connectivity index (χ0v) is 30.1. The standard InChI is InChI=1S/C45H40N4O6/c1-3-27-46-41(51)36-38-42(52)55-39(31-19-11-6-12-20-31)37(30-17-9-5-10-18-30)49(38)40(32-23-25-33(50)26-24-32)45(36)34-21-13-14-22-35(34)48(43(45)53)44(54)47-28(2)29-15-7-4-8-16-29/h3-26,28,36-40,50H,1,27H2,2H3,(H,46,51)(H,47,54). The minimum absolute atomic E-state index is 0.00139. The van der Waals surface area contributed by atoms with Gasteiger partial charge >= 0.3 is 12.0 Å². The van der Waals surface area contributed by atoms with Gasteiger partial charge in [0.1, 0.15) is 23.3 Å². The van der Waals surface area contributed by atoms with Gasteiger partial charge in [0.2, 0.25) is 11.8 Å². The highest BCUT2D eigenvalue weighted by Gasteiger charge is 2.75. The van der Waals surface area contributed by atoms with Gasteiger partial charge in [-0.25, -0.2) is 9.69 Å². The van der Waals surface area contributed by atoms with Gasteiger partial charge in [0, 0.05) is 6.54 Å². The van der Waals surface area contributed by atoms with Gasteiger partial charge in [-0.2, -0.15) is 0 Å². The number of urea groups is 1. The van der Waals surface area contributed by atoms with E-state index in [1.165, 1.54) is 18.2 Å². The van der Waals surface area contributed by atoms with Crippen molar-refractivity contribution in [2.45, 2.75) is 42.6 Å². The molecule has 0 radical (unpaired) electrons. The Kier molecular flexibility index (Phi) is 9.28. The Balaban J connectivity index is 1.39. The van der Waals surface area contributed by atoms with Crippen LogP contribution in [0.5, 0.6) is 5.75 Å². The molecule has 3 aliphatic heterocycles. The van der Waals surface area contributed by atoms with Crippen LogP contribution in [0.4, 0.5) is 10.5 Å². The number of benzene rings is 5. The first kappa shape index (κ1) is 35.5. The van der Waals surface area contributed by atoms with Gasteiger partial charge in [-0.15, -0.1) is 6.58 Å². The molecule has 0 bridgehead atoms. The molecule has 5 aromatic carbocycles. The molecule has 7 atom stereocenters. The number of fused-ring (bicyclic) bond motifs is 3. The van der Waals surface area contributed by atoms with Crippen molar-refractivity contribution in [3.63, 3.8) is 0 Å². The Morgan fingerprint density at radius 3 is 2.05 bits per heavy atom. The molecular weight excluding hydrogens is 693 g/mol. The number of esters is 1. The second-order valence-electron chi connectivity index (χ2n) is 14.1. The van der Waals surface area contributed by atoms with E-state index in [2.05, 4.69) is 17.2 Å². The van der Waals surface area contributed by atoms with Crippen LogP contribution in [0, 0.1) is 5.92 Å². The summed E-state index contributed by atoms with van der Waals surface area (Å²) >= 11 is 0. The Labute approximate surface area is 319 Å². The highest BCUT2D eigenvalue weighted by molar-refractivity contribution is 6.24. The summed E-state index contributed by atoms with van der Waals surface area (Å²) in [6.07, 6.45) is 0.693. The van der Waals surface area contributed by atoms with Crippen molar-refractivity contribution in [2.75, 3.05) is 11.4 Å². The topological polar surface area (TPSA) is 128 Å². The average molecular weight is 733 g/mol. The molecule has 7 unspecified atom stereocenters. The number of amides is 4. The lowest BCUT2D eigenvalue weighted by Crippen LogP contribution is -2.56. The number of para-hydroxylation sites is 1. The van der Waals surface area contributed by atoms with Crippen LogP contribution in [0.25, 0.3) is 0 Å². The van der Waals surface area contributed by atoms with Crippen molar-refractivity contribution in [2.24, 2.45) is 5.92 Å². The lowest BCUT2D eigenvalue weighted by molar-refractivity contribution is -0.178. The fourth-order valence-electron chi connectivity index (χ4n) is 8.88. The van der Waals surface area contributed by atoms with E-state index >= 15 is 4.79 Å². The van der Waals surface area contributed by atoms with Gasteiger partial charge in [-0.1, -0.05) is 127 Å². The first-order valence-corrected chi connectivity index (χ1v) is 18.3. The maximum Gasteiger partial charge on any atom is 0.329 e. The number of rotatable bonds is 8. The van der Waals surface area contributed by atoms with E-state index in [4.69, 9.17) is 4.74 Å². The smallest absolute Gasteiger partial charge is 0.329 e. The van der Waals surface area contributed by atoms with Crippen molar-refractivity contribution in [3.05, 3.63) is 180 Å². The number of ether oxygens (including phenoxy) is 1. The van der Waals surface area contributed by atoms with E-state index in [9.17, 15) is 19.5 Å². The molecule has 0 aromatic heterocycles. The van der Waals surface area contributed by atoms with Gasteiger partial charge in [0.15, 0.2) is 0 Å². The first-order valence-electron chi connectivity index (χ1n) is 18.3.